The van der Waals surface area contributed by atoms with E-state index >= 15 is 0 Å². The van der Waals surface area contributed by atoms with Gasteiger partial charge >= 0.3 is 11.9 Å². The van der Waals surface area contributed by atoms with E-state index in [4.69, 9.17) is 9.47 Å². The number of unbranched alkanes of at least 4 members (excludes halogenated alkanes) is 17. The standard InChI is InChI=1S/C28H54O4/c1-3-5-6-7-8-9-10-11-12-13-16-19-22-26-32-28(30)24-21-18-15-14-17-20-23-27(29)31-25-4-2/h3-26H2,1-2H3. The number of hydrogen-bond acceptors (Lipinski definition) is 4. The zero-order valence-electron chi connectivity index (χ0n) is 21.6. The molecule has 0 aromatic carbocycles. The third-order valence-corrected chi connectivity index (χ3v) is 5.99. The molecular weight excluding hydrogens is 400 g/mol. The lowest BCUT2D eigenvalue weighted by molar-refractivity contribution is -0.144. The van der Waals surface area contributed by atoms with Crippen LogP contribution in [0.25, 0.3) is 0 Å². The van der Waals surface area contributed by atoms with E-state index in [-0.39, 0.29) is 11.9 Å². The number of rotatable bonds is 25. The first-order valence-electron chi connectivity index (χ1n) is 14.0. The van der Waals surface area contributed by atoms with Crippen molar-refractivity contribution in [2.24, 2.45) is 0 Å². The van der Waals surface area contributed by atoms with Gasteiger partial charge in [0.2, 0.25) is 0 Å². The van der Waals surface area contributed by atoms with Gasteiger partial charge in [-0.25, -0.2) is 0 Å². The fourth-order valence-electron chi connectivity index (χ4n) is 3.91. The van der Waals surface area contributed by atoms with Gasteiger partial charge < -0.3 is 9.47 Å². The third kappa shape index (κ3) is 25.2. The first-order valence-corrected chi connectivity index (χ1v) is 14.0. The van der Waals surface area contributed by atoms with Crippen molar-refractivity contribution in [2.45, 2.75) is 155 Å². The summed E-state index contributed by atoms with van der Waals surface area (Å²) < 4.78 is 10.4. The molecule has 0 unspecified atom stereocenters. The topological polar surface area (TPSA) is 52.6 Å². The van der Waals surface area contributed by atoms with Gasteiger partial charge in [-0.1, -0.05) is 117 Å². The molecule has 4 nitrogen and oxygen atoms in total. The lowest BCUT2D eigenvalue weighted by Gasteiger charge is -2.06. The summed E-state index contributed by atoms with van der Waals surface area (Å²) in [6, 6.07) is 0. The lowest BCUT2D eigenvalue weighted by Crippen LogP contribution is -2.05. The maximum Gasteiger partial charge on any atom is 0.305 e. The molecule has 0 aromatic heterocycles. The summed E-state index contributed by atoms with van der Waals surface area (Å²) in [4.78, 5) is 23.2. The van der Waals surface area contributed by atoms with Crippen LogP contribution in [0.5, 0.6) is 0 Å². The Morgan fingerprint density at radius 1 is 0.406 bits per heavy atom. The molecule has 0 aliphatic carbocycles. The molecule has 0 atom stereocenters. The molecule has 0 amide bonds. The van der Waals surface area contributed by atoms with Crippen molar-refractivity contribution in [3.8, 4) is 0 Å². The van der Waals surface area contributed by atoms with E-state index in [1.54, 1.807) is 0 Å². The fourth-order valence-corrected chi connectivity index (χ4v) is 3.91. The van der Waals surface area contributed by atoms with E-state index in [2.05, 4.69) is 6.92 Å². The SMILES string of the molecule is CCCCCCCCCCCCCCCOC(=O)CCCCCCCCC(=O)OCCC. The minimum Gasteiger partial charge on any atom is -0.466 e. The molecule has 0 spiro atoms. The Morgan fingerprint density at radius 3 is 1.16 bits per heavy atom. The van der Waals surface area contributed by atoms with Crippen LogP contribution in [0.4, 0.5) is 0 Å². The van der Waals surface area contributed by atoms with Gasteiger partial charge in [0.15, 0.2) is 0 Å². The molecule has 4 heteroatoms. The molecular formula is C28H54O4. The van der Waals surface area contributed by atoms with E-state index in [1.807, 2.05) is 6.92 Å². The van der Waals surface area contributed by atoms with Crippen LogP contribution in [-0.2, 0) is 19.1 Å². The molecule has 0 radical (unpaired) electrons. The second-order valence-corrected chi connectivity index (χ2v) is 9.30. The highest BCUT2D eigenvalue weighted by Gasteiger charge is 2.04. The number of carbonyl (C=O) groups is 2. The predicted molar refractivity (Wildman–Crippen MR) is 135 cm³/mol. The molecule has 0 fully saturated rings. The number of carbonyl (C=O) groups excluding carboxylic acids is 2. The van der Waals surface area contributed by atoms with E-state index in [0.717, 1.165) is 51.4 Å². The van der Waals surface area contributed by atoms with Crippen LogP contribution in [0.1, 0.15) is 155 Å². The van der Waals surface area contributed by atoms with Crippen LogP contribution in [0.2, 0.25) is 0 Å². The Morgan fingerprint density at radius 2 is 0.750 bits per heavy atom. The van der Waals surface area contributed by atoms with Crippen molar-refractivity contribution in [1.29, 1.82) is 0 Å². The van der Waals surface area contributed by atoms with Gasteiger partial charge in [-0.2, -0.15) is 0 Å². The van der Waals surface area contributed by atoms with Crippen LogP contribution in [0, 0.1) is 0 Å². The zero-order valence-corrected chi connectivity index (χ0v) is 21.6. The molecule has 190 valence electrons. The van der Waals surface area contributed by atoms with E-state index in [0.29, 0.717) is 26.1 Å². The molecule has 0 saturated carbocycles. The minimum atomic E-state index is -0.0712. The van der Waals surface area contributed by atoms with Crippen molar-refractivity contribution in [3.05, 3.63) is 0 Å². The first-order chi connectivity index (χ1) is 15.7. The van der Waals surface area contributed by atoms with Gasteiger partial charge in [-0.05, 0) is 25.7 Å². The highest BCUT2D eigenvalue weighted by atomic mass is 16.5. The number of hydrogen-bond donors (Lipinski definition) is 0. The summed E-state index contributed by atoms with van der Waals surface area (Å²) in [5.41, 5.74) is 0. The summed E-state index contributed by atoms with van der Waals surface area (Å²) >= 11 is 0. The normalized spacial score (nSPS) is 10.9. The van der Waals surface area contributed by atoms with E-state index in [9.17, 15) is 9.59 Å². The second-order valence-electron chi connectivity index (χ2n) is 9.30. The summed E-state index contributed by atoms with van der Waals surface area (Å²) in [5, 5.41) is 0. The third-order valence-electron chi connectivity index (χ3n) is 5.99. The molecule has 0 saturated heterocycles. The summed E-state index contributed by atoms with van der Waals surface area (Å²) in [6.07, 6.45) is 25.5. The highest BCUT2D eigenvalue weighted by molar-refractivity contribution is 5.69. The minimum absolute atomic E-state index is 0.0393. The number of esters is 2. The first kappa shape index (κ1) is 30.9. The van der Waals surface area contributed by atoms with Crippen LogP contribution >= 0.6 is 0 Å². The van der Waals surface area contributed by atoms with Crippen molar-refractivity contribution >= 4 is 11.9 Å². The van der Waals surface area contributed by atoms with E-state index in [1.165, 1.54) is 77.0 Å². The molecule has 0 N–H and O–H groups in total. The molecule has 0 aliphatic rings. The highest BCUT2D eigenvalue weighted by Crippen LogP contribution is 2.13. The predicted octanol–water partition coefficient (Wildman–Crippen LogP) is 8.69. The fraction of sp³-hybridized carbons (Fsp3) is 0.929. The maximum absolute atomic E-state index is 11.8. The Kier molecular flexibility index (Phi) is 25.3. The smallest absolute Gasteiger partial charge is 0.305 e. The van der Waals surface area contributed by atoms with Crippen LogP contribution in [0.15, 0.2) is 0 Å². The molecule has 0 rings (SSSR count). The van der Waals surface area contributed by atoms with Crippen molar-refractivity contribution in [3.63, 3.8) is 0 Å². The maximum atomic E-state index is 11.8. The Balaban J connectivity index is 3.20. The Hall–Kier alpha value is -1.06. The van der Waals surface area contributed by atoms with Gasteiger partial charge in [0.25, 0.3) is 0 Å². The summed E-state index contributed by atoms with van der Waals surface area (Å²) in [7, 11) is 0. The van der Waals surface area contributed by atoms with Crippen molar-refractivity contribution < 1.29 is 19.1 Å². The van der Waals surface area contributed by atoms with Crippen LogP contribution in [0.3, 0.4) is 0 Å². The molecule has 0 aromatic rings. The average Bonchev–Trinajstić information content (AvgIpc) is 2.79. The summed E-state index contributed by atoms with van der Waals surface area (Å²) in [6.45, 7) is 5.40. The largest absolute Gasteiger partial charge is 0.466 e. The lowest BCUT2D eigenvalue weighted by atomic mass is 10.0. The van der Waals surface area contributed by atoms with Gasteiger partial charge in [-0.3, -0.25) is 9.59 Å². The van der Waals surface area contributed by atoms with Gasteiger partial charge in [0.05, 0.1) is 13.2 Å². The van der Waals surface area contributed by atoms with Crippen LogP contribution < -0.4 is 0 Å². The van der Waals surface area contributed by atoms with Crippen molar-refractivity contribution in [1.82, 2.24) is 0 Å². The van der Waals surface area contributed by atoms with Crippen LogP contribution in [-0.4, -0.2) is 25.2 Å². The molecule has 0 heterocycles. The monoisotopic (exact) mass is 454 g/mol. The van der Waals surface area contributed by atoms with E-state index < -0.39 is 0 Å². The second kappa shape index (κ2) is 26.2. The number of ether oxygens (including phenoxy) is 2. The average molecular weight is 455 g/mol. The molecule has 0 bridgehead atoms. The quantitative estimate of drug-likeness (QED) is 0.102. The van der Waals surface area contributed by atoms with Crippen molar-refractivity contribution in [2.75, 3.05) is 13.2 Å². The molecule has 0 aliphatic heterocycles. The van der Waals surface area contributed by atoms with Gasteiger partial charge in [0, 0.05) is 12.8 Å². The zero-order chi connectivity index (χ0) is 23.5. The Bertz CT molecular complexity index is 408. The van der Waals surface area contributed by atoms with Gasteiger partial charge in [-0.15, -0.1) is 0 Å². The molecule has 32 heavy (non-hydrogen) atoms. The Labute approximate surface area is 199 Å². The summed E-state index contributed by atoms with van der Waals surface area (Å²) in [5.74, 6) is -0.110. The van der Waals surface area contributed by atoms with Gasteiger partial charge in [0.1, 0.15) is 0 Å².